The van der Waals surface area contributed by atoms with Gasteiger partial charge in [-0.05, 0) is 49.5 Å². The minimum absolute atomic E-state index is 0.215. The average Bonchev–Trinajstić information content (AvgIpc) is 2.80. The molecular formula is C12H16ClN7S. The van der Waals surface area contributed by atoms with Gasteiger partial charge in [0.05, 0.1) is 0 Å². The molecule has 3 rings (SSSR count). The Kier molecular flexibility index (Phi) is 4.25. The van der Waals surface area contributed by atoms with Crippen LogP contribution in [0.15, 0.2) is 10.3 Å². The SMILES string of the molecule is Cc1nnc(Sc2nc(Cl)nc(N3CCCCC3)n2)n1C. The van der Waals surface area contributed by atoms with E-state index in [1.165, 1.54) is 18.2 Å². The van der Waals surface area contributed by atoms with Crippen LogP contribution >= 0.6 is 23.4 Å². The molecular weight excluding hydrogens is 310 g/mol. The number of rotatable bonds is 3. The summed E-state index contributed by atoms with van der Waals surface area (Å²) < 4.78 is 1.89. The molecule has 0 atom stereocenters. The van der Waals surface area contributed by atoms with Crippen molar-refractivity contribution in [1.29, 1.82) is 0 Å². The number of aryl methyl sites for hydroxylation is 1. The van der Waals surface area contributed by atoms with E-state index in [4.69, 9.17) is 11.6 Å². The van der Waals surface area contributed by atoms with Gasteiger partial charge in [0.1, 0.15) is 5.82 Å². The summed E-state index contributed by atoms with van der Waals surface area (Å²) in [7, 11) is 1.91. The fourth-order valence-corrected chi connectivity index (χ4v) is 3.14. The lowest BCUT2D eigenvalue weighted by atomic mass is 10.1. The topological polar surface area (TPSA) is 72.6 Å². The maximum atomic E-state index is 6.04. The van der Waals surface area contributed by atoms with Crippen molar-refractivity contribution in [1.82, 2.24) is 29.7 Å². The summed E-state index contributed by atoms with van der Waals surface area (Å²) >= 11 is 7.38. The van der Waals surface area contributed by atoms with Crippen molar-refractivity contribution in [3.05, 3.63) is 11.1 Å². The zero-order valence-corrected chi connectivity index (χ0v) is 13.5. The molecule has 7 nitrogen and oxygen atoms in total. The Bertz CT molecular complexity index is 639. The zero-order chi connectivity index (χ0) is 14.8. The van der Waals surface area contributed by atoms with Crippen molar-refractivity contribution < 1.29 is 0 Å². The van der Waals surface area contributed by atoms with Gasteiger partial charge in [-0.15, -0.1) is 10.2 Å². The molecule has 0 radical (unpaired) electrons. The summed E-state index contributed by atoms with van der Waals surface area (Å²) in [5.74, 6) is 1.49. The molecule has 0 bridgehead atoms. The zero-order valence-electron chi connectivity index (χ0n) is 12.0. The van der Waals surface area contributed by atoms with Crippen LogP contribution in [0.3, 0.4) is 0 Å². The standard InChI is InChI=1S/C12H16ClN7S/c1-8-17-18-12(19(8)2)21-11-15-9(13)14-10(16-11)20-6-4-3-5-7-20/h3-7H2,1-2H3. The molecule has 0 N–H and O–H groups in total. The smallest absolute Gasteiger partial charge is 0.230 e. The second kappa shape index (κ2) is 6.15. The second-order valence-corrected chi connectivity index (χ2v) is 6.20. The van der Waals surface area contributed by atoms with Crippen LogP contribution in [-0.4, -0.2) is 42.8 Å². The van der Waals surface area contributed by atoms with Crippen LogP contribution in [0.1, 0.15) is 25.1 Å². The number of hydrogen-bond donors (Lipinski definition) is 0. The van der Waals surface area contributed by atoms with Crippen molar-refractivity contribution in [2.75, 3.05) is 18.0 Å². The Morgan fingerprint density at radius 3 is 2.48 bits per heavy atom. The molecule has 0 saturated carbocycles. The number of hydrogen-bond acceptors (Lipinski definition) is 7. The fraction of sp³-hybridized carbons (Fsp3) is 0.583. The molecule has 9 heteroatoms. The lowest BCUT2D eigenvalue weighted by Crippen LogP contribution is -2.31. The predicted molar refractivity (Wildman–Crippen MR) is 80.8 cm³/mol. The molecule has 3 heterocycles. The third-order valence-corrected chi connectivity index (χ3v) is 4.52. The summed E-state index contributed by atoms with van der Waals surface area (Å²) in [5.41, 5.74) is 0. The van der Waals surface area contributed by atoms with Gasteiger partial charge < -0.3 is 9.47 Å². The van der Waals surface area contributed by atoms with Gasteiger partial charge in [-0.2, -0.15) is 15.0 Å². The minimum atomic E-state index is 0.215. The van der Waals surface area contributed by atoms with Gasteiger partial charge in [0.15, 0.2) is 5.16 Å². The molecule has 1 saturated heterocycles. The Hall–Kier alpha value is -1.41. The van der Waals surface area contributed by atoms with E-state index in [2.05, 4.69) is 30.0 Å². The van der Waals surface area contributed by atoms with Crippen LogP contribution in [0, 0.1) is 6.92 Å². The first-order chi connectivity index (χ1) is 10.1. The van der Waals surface area contributed by atoms with Gasteiger partial charge in [-0.1, -0.05) is 0 Å². The average molecular weight is 326 g/mol. The van der Waals surface area contributed by atoms with Crippen LogP contribution in [-0.2, 0) is 7.05 Å². The highest BCUT2D eigenvalue weighted by Crippen LogP contribution is 2.26. The molecule has 1 aliphatic heterocycles. The third-order valence-electron chi connectivity index (χ3n) is 3.45. The van der Waals surface area contributed by atoms with Crippen LogP contribution in [0.25, 0.3) is 0 Å². The third kappa shape index (κ3) is 3.26. The molecule has 0 unspecified atom stereocenters. The van der Waals surface area contributed by atoms with Crippen LogP contribution in [0.2, 0.25) is 5.28 Å². The Morgan fingerprint density at radius 1 is 1.05 bits per heavy atom. The first-order valence-corrected chi connectivity index (χ1v) is 8.03. The molecule has 0 amide bonds. The van der Waals surface area contributed by atoms with Crippen molar-refractivity contribution in [3.8, 4) is 0 Å². The van der Waals surface area contributed by atoms with Crippen molar-refractivity contribution >= 4 is 29.3 Å². The van der Waals surface area contributed by atoms with Gasteiger partial charge in [0.2, 0.25) is 16.4 Å². The number of nitrogens with zero attached hydrogens (tertiary/aromatic N) is 7. The van der Waals surface area contributed by atoms with Crippen LogP contribution in [0.5, 0.6) is 0 Å². The van der Waals surface area contributed by atoms with E-state index in [1.54, 1.807) is 0 Å². The van der Waals surface area contributed by atoms with E-state index in [-0.39, 0.29) is 5.28 Å². The van der Waals surface area contributed by atoms with E-state index < -0.39 is 0 Å². The fourth-order valence-electron chi connectivity index (χ4n) is 2.16. The van der Waals surface area contributed by atoms with E-state index >= 15 is 0 Å². The Labute approximate surface area is 132 Å². The molecule has 112 valence electrons. The Morgan fingerprint density at radius 2 is 1.81 bits per heavy atom. The van der Waals surface area contributed by atoms with Crippen LogP contribution < -0.4 is 4.90 Å². The van der Waals surface area contributed by atoms with Gasteiger partial charge in [0, 0.05) is 20.1 Å². The number of aromatic nitrogens is 6. The molecule has 21 heavy (non-hydrogen) atoms. The maximum Gasteiger partial charge on any atom is 0.230 e. The number of piperidine rings is 1. The normalized spacial score (nSPS) is 15.5. The molecule has 0 aromatic carbocycles. The monoisotopic (exact) mass is 325 g/mol. The second-order valence-electron chi connectivity index (χ2n) is 4.93. The van der Waals surface area contributed by atoms with Crippen molar-refractivity contribution in [2.45, 2.75) is 36.5 Å². The maximum absolute atomic E-state index is 6.04. The van der Waals surface area contributed by atoms with E-state index in [0.717, 1.165) is 36.9 Å². The highest BCUT2D eigenvalue weighted by Gasteiger charge is 2.17. The predicted octanol–water partition coefficient (Wildman–Crippen LogP) is 2.10. The highest BCUT2D eigenvalue weighted by molar-refractivity contribution is 7.99. The summed E-state index contributed by atoms with van der Waals surface area (Å²) in [6.45, 7) is 3.83. The van der Waals surface area contributed by atoms with Crippen LogP contribution in [0.4, 0.5) is 5.95 Å². The van der Waals surface area contributed by atoms with Crippen molar-refractivity contribution in [3.63, 3.8) is 0 Å². The summed E-state index contributed by atoms with van der Waals surface area (Å²) in [4.78, 5) is 15.1. The lowest BCUT2D eigenvalue weighted by molar-refractivity contribution is 0.564. The van der Waals surface area contributed by atoms with Gasteiger partial charge >= 0.3 is 0 Å². The highest BCUT2D eigenvalue weighted by atomic mass is 35.5. The minimum Gasteiger partial charge on any atom is -0.341 e. The summed E-state index contributed by atoms with van der Waals surface area (Å²) in [6.07, 6.45) is 3.58. The van der Waals surface area contributed by atoms with Gasteiger partial charge in [-0.3, -0.25) is 0 Å². The largest absolute Gasteiger partial charge is 0.341 e. The first kappa shape index (κ1) is 14.5. The molecule has 2 aromatic heterocycles. The van der Waals surface area contributed by atoms with E-state index in [1.807, 2.05) is 18.5 Å². The number of halogens is 1. The van der Waals surface area contributed by atoms with Crippen molar-refractivity contribution in [2.24, 2.45) is 7.05 Å². The summed E-state index contributed by atoms with van der Waals surface area (Å²) in [5, 5.41) is 9.62. The molecule has 1 fully saturated rings. The lowest BCUT2D eigenvalue weighted by Gasteiger charge is -2.26. The van der Waals surface area contributed by atoms with Gasteiger partial charge in [-0.25, -0.2) is 0 Å². The first-order valence-electron chi connectivity index (χ1n) is 6.84. The number of anilines is 1. The molecule has 2 aromatic rings. The molecule has 0 spiro atoms. The molecule has 0 aliphatic carbocycles. The molecule has 1 aliphatic rings. The van der Waals surface area contributed by atoms with E-state index in [0.29, 0.717) is 11.1 Å². The van der Waals surface area contributed by atoms with E-state index in [9.17, 15) is 0 Å². The summed E-state index contributed by atoms with van der Waals surface area (Å²) in [6, 6.07) is 0. The Balaban J connectivity index is 1.85. The quantitative estimate of drug-likeness (QED) is 0.855. The van der Waals surface area contributed by atoms with Gasteiger partial charge in [0.25, 0.3) is 0 Å².